The Bertz CT molecular complexity index is 401. The lowest BCUT2D eigenvalue weighted by Gasteiger charge is -2.07. The molecule has 0 aliphatic rings. The summed E-state index contributed by atoms with van der Waals surface area (Å²) in [6.45, 7) is 6.53. The Morgan fingerprint density at radius 1 is 1.39 bits per heavy atom. The van der Waals surface area contributed by atoms with Gasteiger partial charge in [-0.25, -0.2) is 4.39 Å². The predicted molar refractivity (Wildman–Crippen MR) is 74.2 cm³/mol. The van der Waals surface area contributed by atoms with Crippen LogP contribution in [0.1, 0.15) is 24.5 Å². The van der Waals surface area contributed by atoms with Crippen LogP contribution in [0, 0.1) is 12.7 Å². The SMILES string of the molecule is COCCNCCC=C(C)c1cc(F)ccc1C. The maximum absolute atomic E-state index is 13.2. The van der Waals surface area contributed by atoms with Crippen LogP contribution >= 0.6 is 0 Å². The van der Waals surface area contributed by atoms with E-state index in [4.69, 9.17) is 4.74 Å². The van der Waals surface area contributed by atoms with Gasteiger partial charge in [0.1, 0.15) is 5.82 Å². The summed E-state index contributed by atoms with van der Waals surface area (Å²) in [5.41, 5.74) is 3.23. The fraction of sp³-hybridized carbons (Fsp3) is 0.467. The van der Waals surface area contributed by atoms with Gasteiger partial charge in [0.2, 0.25) is 0 Å². The van der Waals surface area contributed by atoms with E-state index in [2.05, 4.69) is 11.4 Å². The second-order valence-electron chi connectivity index (χ2n) is 4.38. The molecule has 3 heteroatoms. The summed E-state index contributed by atoms with van der Waals surface area (Å²) in [6, 6.07) is 4.91. The number of hydrogen-bond acceptors (Lipinski definition) is 2. The summed E-state index contributed by atoms with van der Waals surface area (Å²) >= 11 is 0. The van der Waals surface area contributed by atoms with Crippen molar-refractivity contribution in [3.63, 3.8) is 0 Å². The van der Waals surface area contributed by atoms with E-state index in [1.54, 1.807) is 13.2 Å². The summed E-state index contributed by atoms with van der Waals surface area (Å²) in [5.74, 6) is -0.179. The minimum Gasteiger partial charge on any atom is -0.383 e. The summed E-state index contributed by atoms with van der Waals surface area (Å²) in [6.07, 6.45) is 3.08. The predicted octanol–water partition coefficient (Wildman–Crippen LogP) is 3.16. The topological polar surface area (TPSA) is 21.3 Å². The summed E-state index contributed by atoms with van der Waals surface area (Å²) in [7, 11) is 1.69. The molecule has 0 aliphatic heterocycles. The highest BCUT2D eigenvalue weighted by atomic mass is 19.1. The Balaban J connectivity index is 2.47. The van der Waals surface area contributed by atoms with Crippen molar-refractivity contribution in [3.8, 4) is 0 Å². The highest BCUT2D eigenvalue weighted by molar-refractivity contribution is 5.66. The summed E-state index contributed by atoms with van der Waals surface area (Å²) in [4.78, 5) is 0. The fourth-order valence-corrected chi connectivity index (χ4v) is 1.82. The molecule has 1 aromatic carbocycles. The van der Waals surface area contributed by atoms with Crippen LogP contribution in [0.15, 0.2) is 24.3 Å². The Morgan fingerprint density at radius 3 is 2.89 bits per heavy atom. The van der Waals surface area contributed by atoms with E-state index in [-0.39, 0.29) is 5.82 Å². The number of halogens is 1. The van der Waals surface area contributed by atoms with Crippen LogP contribution in [0.2, 0.25) is 0 Å². The number of methoxy groups -OCH3 is 1. The number of benzene rings is 1. The van der Waals surface area contributed by atoms with Gasteiger partial charge in [-0.05, 0) is 55.6 Å². The molecule has 0 saturated carbocycles. The molecule has 0 atom stereocenters. The molecule has 100 valence electrons. The molecule has 1 N–H and O–H groups in total. The van der Waals surface area contributed by atoms with Crippen molar-refractivity contribution >= 4 is 5.57 Å². The standard InChI is InChI=1S/C15H22FNO/c1-12(5-4-8-17-9-10-18-3)15-11-14(16)7-6-13(15)2/h5-7,11,17H,4,8-10H2,1-3H3. The van der Waals surface area contributed by atoms with Gasteiger partial charge in [0.05, 0.1) is 6.61 Å². The number of nitrogens with one attached hydrogen (secondary N) is 1. The van der Waals surface area contributed by atoms with E-state index in [0.29, 0.717) is 0 Å². The fourth-order valence-electron chi connectivity index (χ4n) is 1.82. The van der Waals surface area contributed by atoms with Gasteiger partial charge in [0.25, 0.3) is 0 Å². The molecule has 18 heavy (non-hydrogen) atoms. The Kier molecular flexibility index (Phi) is 6.61. The van der Waals surface area contributed by atoms with Crippen molar-refractivity contribution in [2.24, 2.45) is 0 Å². The second kappa shape index (κ2) is 8.01. The van der Waals surface area contributed by atoms with Crippen LogP contribution in [-0.4, -0.2) is 26.8 Å². The van der Waals surface area contributed by atoms with Gasteiger partial charge in [0.15, 0.2) is 0 Å². The molecule has 0 saturated heterocycles. The normalized spacial score (nSPS) is 11.9. The van der Waals surface area contributed by atoms with Gasteiger partial charge in [-0.3, -0.25) is 0 Å². The lowest BCUT2D eigenvalue weighted by Crippen LogP contribution is -2.19. The van der Waals surface area contributed by atoms with E-state index in [1.807, 2.05) is 19.9 Å². The van der Waals surface area contributed by atoms with Crippen LogP contribution in [0.4, 0.5) is 4.39 Å². The molecule has 0 unspecified atom stereocenters. The molecule has 1 rings (SSSR count). The monoisotopic (exact) mass is 251 g/mol. The Hall–Kier alpha value is -1.19. The third-order valence-corrected chi connectivity index (χ3v) is 2.88. The Labute approximate surface area is 109 Å². The average Bonchev–Trinajstić information content (AvgIpc) is 2.36. The van der Waals surface area contributed by atoms with Crippen molar-refractivity contribution in [1.29, 1.82) is 0 Å². The van der Waals surface area contributed by atoms with Crippen LogP contribution < -0.4 is 5.32 Å². The quantitative estimate of drug-likeness (QED) is 0.752. The highest BCUT2D eigenvalue weighted by Crippen LogP contribution is 2.19. The zero-order valence-electron chi connectivity index (χ0n) is 11.4. The number of hydrogen-bond donors (Lipinski definition) is 1. The van der Waals surface area contributed by atoms with E-state index in [1.165, 1.54) is 6.07 Å². The first kappa shape index (κ1) is 14.9. The number of ether oxygens (including phenoxy) is 1. The molecule has 0 aromatic heterocycles. The molecule has 0 heterocycles. The molecule has 0 spiro atoms. The molecular formula is C15H22FNO. The minimum atomic E-state index is -0.179. The van der Waals surface area contributed by atoms with Gasteiger partial charge in [-0.2, -0.15) is 0 Å². The van der Waals surface area contributed by atoms with Crippen molar-refractivity contribution in [2.75, 3.05) is 26.8 Å². The minimum absolute atomic E-state index is 0.179. The number of rotatable bonds is 7. The van der Waals surface area contributed by atoms with Crippen molar-refractivity contribution in [1.82, 2.24) is 5.32 Å². The van der Waals surface area contributed by atoms with Gasteiger partial charge >= 0.3 is 0 Å². The first-order chi connectivity index (χ1) is 8.65. The van der Waals surface area contributed by atoms with Crippen molar-refractivity contribution < 1.29 is 9.13 Å². The van der Waals surface area contributed by atoms with E-state index >= 15 is 0 Å². The maximum Gasteiger partial charge on any atom is 0.123 e. The first-order valence-corrected chi connectivity index (χ1v) is 6.28. The van der Waals surface area contributed by atoms with Gasteiger partial charge < -0.3 is 10.1 Å². The summed E-state index contributed by atoms with van der Waals surface area (Å²) in [5, 5.41) is 3.28. The van der Waals surface area contributed by atoms with Crippen LogP contribution in [0.3, 0.4) is 0 Å². The Morgan fingerprint density at radius 2 is 2.17 bits per heavy atom. The number of aryl methyl sites for hydroxylation is 1. The molecule has 0 fully saturated rings. The van der Waals surface area contributed by atoms with E-state index < -0.39 is 0 Å². The molecule has 0 radical (unpaired) electrons. The van der Waals surface area contributed by atoms with Crippen molar-refractivity contribution in [2.45, 2.75) is 20.3 Å². The van der Waals surface area contributed by atoms with Gasteiger partial charge in [-0.15, -0.1) is 0 Å². The zero-order chi connectivity index (χ0) is 13.4. The molecule has 0 amide bonds. The van der Waals surface area contributed by atoms with Gasteiger partial charge in [-0.1, -0.05) is 12.1 Å². The summed E-state index contributed by atoms with van der Waals surface area (Å²) < 4.78 is 18.1. The molecule has 0 aliphatic carbocycles. The third-order valence-electron chi connectivity index (χ3n) is 2.88. The third kappa shape index (κ3) is 4.98. The van der Waals surface area contributed by atoms with Crippen LogP contribution in [0.5, 0.6) is 0 Å². The lowest BCUT2D eigenvalue weighted by molar-refractivity contribution is 0.199. The zero-order valence-corrected chi connectivity index (χ0v) is 11.4. The van der Waals surface area contributed by atoms with Crippen LogP contribution in [-0.2, 0) is 4.74 Å². The largest absolute Gasteiger partial charge is 0.383 e. The average molecular weight is 251 g/mol. The second-order valence-corrected chi connectivity index (χ2v) is 4.38. The van der Waals surface area contributed by atoms with Gasteiger partial charge in [0, 0.05) is 13.7 Å². The molecule has 0 bridgehead atoms. The smallest absolute Gasteiger partial charge is 0.123 e. The molecule has 1 aromatic rings. The molecule has 2 nitrogen and oxygen atoms in total. The van der Waals surface area contributed by atoms with E-state index in [0.717, 1.165) is 42.8 Å². The lowest BCUT2D eigenvalue weighted by atomic mass is 10.0. The first-order valence-electron chi connectivity index (χ1n) is 6.28. The van der Waals surface area contributed by atoms with Crippen LogP contribution in [0.25, 0.3) is 5.57 Å². The maximum atomic E-state index is 13.2. The highest BCUT2D eigenvalue weighted by Gasteiger charge is 2.01. The van der Waals surface area contributed by atoms with E-state index in [9.17, 15) is 4.39 Å². The molecular weight excluding hydrogens is 229 g/mol. The number of allylic oxidation sites excluding steroid dienone is 1. The van der Waals surface area contributed by atoms with Crippen molar-refractivity contribution in [3.05, 3.63) is 41.2 Å².